The van der Waals surface area contributed by atoms with E-state index in [1.807, 2.05) is 29.2 Å². The highest BCUT2D eigenvalue weighted by molar-refractivity contribution is 5.79. The molecule has 1 saturated heterocycles. The number of likely N-dealkylation sites (tertiary alicyclic amines) is 1. The van der Waals surface area contributed by atoms with Gasteiger partial charge >= 0.3 is 6.03 Å². The minimum atomic E-state index is -0.403. The Morgan fingerprint density at radius 3 is 2.19 bits per heavy atom. The van der Waals surface area contributed by atoms with Gasteiger partial charge in [0.2, 0.25) is 11.8 Å². The maximum absolute atomic E-state index is 12.7. The van der Waals surface area contributed by atoms with Gasteiger partial charge in [-0.25, -0.2) is 4.79 Å². The van der Waals surface area contributed by atoms with Crippen molar-refractivity contribution in [1.29, 1.82) is 0 Å². The molecule has 0 aromatic heterocycles. The standard InChI is InChI=1S/C24H36N4O4/c1-17(29)25-22(18-8-10-21(32-2)11-9-18)16-23(30)26-20-12-14-28(15-13-20)24(31)27-19-6-4-3-5-7-19/h8-11,19-20,22H,3-7,12-16H2,1-2H3,(H,25,29)(H,26,30)(H,27,31). The van der Waals surface area contributed by atoms with Crippen LogP contribution in [0.25, 0.3) is 0 Å². The van der Waals surface area contributed by atoms with Gasteiger partial charge in [-0.1, -0.05) is 31.4 Å². The maximum atomic E-state index is 12.7. The third-order valence-corrected chi connectivity index (χ3v) is 6.37. The van der Waals surface area contributed by atoms with Gasteiger partial charge in [0.25, 0.3) is 0 Å². The molecule has 1 aliphatic carbocycles. The molecule has 3 rings (SSSR count). The van der Waals surface area contributed by atoms with Crippen LogP contribution in [0.2, 0.25) is 0 Å². The average Bonchev–Trinajstić information content (AvgIpc) is 2.79. The molecule has 32 heavy (non-hydrogen) atoms. The number of hydrogen-bond acceptors (Lipinski definition) is 4. The number of piperidine rings is 1. The molecule has 176 valence electrons. The Balaban J connectivity index is 1.46. The molecular formula is C24H36N4O4. The zero-order chi connectivity index (χ0) is 22.9. The molecule has 1 unspecified atom stereocenters. The van der Waals surface area contributed by atoms with E-state index in [0.717, 1.165) is 37.0 Å². The van der Waals surface area contributed by atoms with E-state index >= 15 is 0 Å². The number of methoxy groups -OCH3 is 1. The second-order valence-electron chi connectivity index (χ2n) is 8.84. The van der Waals surface area contributed by atoms with Crippen molar-refractivity contribution in [2.24, 2.45) is 0 Å². The smallest absolute Gasteiger partial charge is 0.317 e. The van der Waals surface area contributed by atoms with E-state index in [9.17, 15) is 14.4 Å². The fourth-order valence-corrected chi connectivity index (χ4v) is 4.55. The molecule has 1 aromatic carbocycles. The van der Waals surface area contributed by atoms with Crippen molar-refractivity contribution in [3.05, 3.63) is 29.8 Å². The summed E-state index contributed by atoms with van der Waals surface area (Å²) in [6, 6.07) is 7.30. The fraction of sp³-hybridized carbons (Fsp3) is 0.625. The van der Waals surface area contributed by atoms with Crippen LogP contribution in [0.4, 0.5) is 4.79 Å². The van der Waals surface area contributed by atoms with Gasteiger partial charge in [-0.05, 0) is 43.4 Å². The second kappa shape index (κ2) is 11.7. The van der Waals surface area contributed by atoms with Gasteiger partial charge in [0.15, 0.2) is 0 Å². The van der Waals surface area contributed by atoms with Crippen molar-refractivity contribution >= 4 is 17.8 Å². The number of hydrogen-bond donors (Lipinski definition) is 3. The van der Waals surface area contributed by atoms with Gasteiger partial charge in [-0.2, -0.15) is 0 Å². The number of rotatable bonds is 7. The Morgan fingerprint density at radius 2 is 1.59 bits per heavy atom. The van der Waals surface area contributed by atoms with Crippen molar-refractivity contribution in [2.45, 2.75) is 76.4 Å². The van der Waals surface area contributed by atoms with E-state index in [2.05, 4.69) is 16.0 Å². The number of carbonyl (C=O) groups excluding carboxylic acids is 3. The number of benzene rings is 1. The molecular weight excluding hydrogens is 408 g/mol. The summed E-state index contributed by atoms with van der Waals surface area (Å²) >= 11 is 0. The lowest BCUT2D eigenvalue weighted by molar-refractivity contribution is -0.123. The zero-order valence-electron chi connectivity index (χ0n) is 19.2. The molecule has 3 N–H and O–H groups in total. The first-order valence-electron chi connectivity index (χ1n) is 11.7. The number of carbonyl (C=O) groups is 3. The quantitative estimate of drug-likeness (QED) is 0.602. The van der Waals surface area contributed by atoms with Crippen LogP contribution in [0.1, 0.15) is 69.9 Å². The molecule has 1 atom stereocenters. The summed E-state index contributed by atoms with van der Waals surface area (Å²) in [5.41, 5.74) is 0.852. The lowest BCUT2D eigenvalue weighted by Gasteiger charge is -2.34. The highest BCUT2D eigenvalue weighted by atomic mass is 16.5. The van der Waals surface area contributed by atoms with E-state index in [1.54, 1.807) is 7.11 Å². The van der Waals surface area contributed by atoms with Crippen molar-refractivity contribution in [2.75, 3.05) is 20.2 Å². The van der Waals surface area contributed by atoms with Crippen LogP contribution < -0.4 is 20.7 Å². The summed E-state index contributed by atoms with van der Waals surface area (Å²) in [5, 5.41) is 9.11. The summed E-state index contributed by atoms with van der Waals surface area (Å²) in [7, 11) is 1.60. The third kappa shape index (κ3) is 7.14. The minimum Gasteiger partial charge on any atom is -0.497 e. The summed E-state index contributed by atoms with van der Waals surface area (Å²) in [6.45, 7) is 2.72. The largest absolute Gasteiger partial charge is 0.497 e. The second-order valence-corrected chi connectivity index (χ2v) is 8.84. The lowest BCUT2D eigenvalue weighted by atomic mass is 9.95. The highest BCUT2D eigenvalue weighted by Gasteiger charge is 2.26. The van der Waals surface area contributed by atoms with Crippen molar-refractivity contribution < 1.29 is 19.1 Å². The normalized spacial score (nSPS) is 18.5. The van der Waals surface area contributed by atoms with Gasteiger partial charge in [0.05, 0.1) is 19.6 Å². The number of urea groups is 1. The minimum absolute atomic E-state index is 0.0203. The van der Waals surface area contributed by atoms with Gasteiger partial charge in [0, 0.05) is 32.1 Å². The van der Waals surface area contributed by atoms with Crippen LogP contribution in [-0.2, 0) is 9.59 Å². The molecule has 2 aliphatic rings. The highest BCUT2D eigenvalue weighted by Crippen LogP contribution is 2.21. The summed E-state index contributed by atoms with van der Waals surface area (Å²) in [5.74, 6) is 0.430. The van der Waals surface area contributed by atoms with Crippen molar-refractivity contribution in [3.8, 4) is 5.75 Å². The summed E-state index contributed by atoms with van der Waals surface area (Å²) < 4.78 is 5.18. The van der Waals surface area contributed by atoms with Crippen LogP contribution in [0, 0.1) is 0 Å². The Kier molecular flexibility index (Phi) is 8.76. The molecule has 4 amide bonds. The number of ether oxygens (including phenoxy) is 1. The Morgan fingerprint density at radius 1 is 0.969 bits per heavy atom. The number of nitrogens with one attached hydrogen (secondary N) is 3. The lowest BCUT2D eigenvalue weighted by Crippen LogP contribution is -2.51. The topological polar surface area (TPSA) is 99.8 Å². The molecule has 1 aromatic rings. The molecule has 1 heterocycles. The van der Waals surface area contributed by atoms with Gasteiger partial charge in [-0.3, -0.25) is 9.59 Å². The Hall–Kier alpha value is -2.77. The van der Waals surface area contributed by atoms with E-state index in [1.165, 1.54) is 26.2 Å². The van der Waals surface area contributed by atoms with E-state index < -0.39 is 6.04 Å². The summed E-state index contributed by atoms with van der Waals surface area (Å²) in [4.78, 5) is 38.7. The molecule has 0 spiro atoms. The monoisotopic (exact) mass is 444 g/mol. The van der Waals surface area contributed by atoms with Crippen molar-refractivity contribution in [1.82, 2.24) is 20.9 Å². The zero-order valence-corrected chi connectivity index (χ0v) is 19.2. The molecule has 0 bridgehead atoms. The predicted molar refractivity (Wildman–Crippen MR) is 122 cm³/mol. The predicted octanol–water partition coefficient (Wildman–Crippen LogP) is 2.89. The molecule has 1 aliphatic heterocycles. The average molecular weight is 445 g/mol. The van der Waals surface area contributed by atoms with Crippen LogP contribution in [-0.4, -0.2) is 55.0 Å². The van der Waals surface area contributed by atoms with Gasteiger partial charge in [-0.15, -0.1) is 0 Å². The van der Waals surface area contributed by atoms with E-state index in [0.29, 0.717) is 19.1 Å². The van der Waals surface area contributed by atoms with E-state index in [-0.39, 0.29) is 30.3 Å². The molecule has 0 radical (unpaired) electrons. The van der Waals surface area contributed by atoms with Crippen LogP contribution >= 0.6 is 0 Å². The van der Waals surface area contributed by atoms with Gasteiger partial charge in [0.1, 0.15) is 5.75 Å². The molecule has 2 fully saturated rings. The Bertz CT molecular complexity index is 769. The van der Waals surface area contributed by atoms with Crippen molar-refractivity contribution in [3.63, 3.8) is 0 Å². The fourth-order valence-electron chi connectivity index (χ4n) is 4.55. The first kappa shape index (κ1) is 23.9. The van der Waals surface area contributed by atoms with Gasteiger partial charge < -0.3 is 25.6 Å². The maximum Gasteiger partial charge on any atom is 0.317 e. The molecule has 8 heteroatoms. The number of amides is 4. The van der Waals surface area contributed by atoms with E-state index in [4.69, 9.17) is 4.74 Å². The van der Waals surface area contributed by atoms with Crippen LogP contribution in [0.5, 0.6) is 5.75 Å². The SMILES string of the molecule is COc1ccc(C(CC(=O)NC2CCN(C(=O)NC3CCCCC3)CC2)NC(C)=O)cc1. The molecule has 8 nitrogen and oxygen atoms in total. The molecule has 1 saturated carbocycles. The third-order valence-electron chi connectivity index (χ3n) is 6.37. The Labute approximate surface area is 190 Å². The first-order chi connectivity index (χ1) is 15.4. The summed E-state index contributed by atoms with van der Waals surface area (Å²) in [6.07, 6.45) is 7.41. The van der Waals surface area contributed by atoms with Crippen LogP contribution in [0.3, 0.4) is 0 Å². The first-order valence-corrected chi connectivity index (χ1v) is 11.7. The van der Waals surface area contributed by atoms with Crippen LogP contribution in [0.15, 0.2) is 24.3 Å². The number of nitrogens with zero attached hydrogens (tertiary/aromatic N) is 1.